The molecule has 1 aliphatic heterocycles. The van der Waals surface area contributed by atoms with Crippen molar-refractivity contribution in [1.29, 1.82) is 0 Å². The molecule has 0 aliphatic carbocycles. The Morgan fingerprint density at radius 3 is 2.36 bits per heavy atom. The number of halogens is 1. The molecule has 3 N–H and O–H groups in total. The minimum Gasteiger partial charge on any atom is -0.466 e. The predicted octanol–water partition coefficient (Wildman–Crippen LogP) is 2.15. The number of amides is 2. The topological polar surface area (TPSA) is 136 Å². The largest absolute Gasteiger partial charge is 0.466 e. The summed E-state index contributed by atoms with van der Waals surface area (Å²) in [4.78, 5) is 38.2. The van der Waals surface area contributed by atoms with Crippen molar-refractivity contribution in [3.05, 3.63) is 59.1 Å². The number of nitrogens with two attached hydrogens (primary N) is 1. The van der Waals surface area contributed by atoms with Gasteiger partial charge in [0.05, 0.1) is 23.5 Å². The number of carbonyl (C=O) groups excluding carboxylic acids is 3. The normalized spacial score (nSPS) is 18.3. The number of sulfonamides is 1. The molecule has 2 amide bonds. The second-order valence-corrected chi connectivity index (χ2v) is 9.59. The average Bonchev–Trinajstić information content (AvgIpc) is 3.10. The van der Waals surface area contributed by atoms with E-state index in [1.165, 1.54) is 36.1 Å². The van der Waals surface area contributed by atoms with E-state index in [0.29, 0.717) is 22.7 Å². The first-order valence-corrected chi connectivity index (χ1v) is 12.1. The smallest absolute Gasteiger partial charge is 0.302 e. The van der Waals surface area contributed by atoms with Crippen LogP contribution in [0.1, 0.15) is 31.4 Å². The van der Waals surface area contributed by atoms with E-state index in [-0.39, 0.29) is 36.3 Å². The van der Waals surface area contributed by atoms with Gasteiger partial charge in [-0.2, -0.15) is 0 Å². The van der Waals surface area contributed by atoms with Gasteiger partial charge in [-0.15, -0.1) is 0 Å². The van der Waals surface area contributed by atoms with E-state index >= 15 is 0 Å². The fraction of sp³-hybridized carbons (Fsp3) is 0.318. The lowest BCUT2D eigenvalue weighted by Gasteiger charge is -2.28. The van der Waals surface area contributed by atoms with Crippen LogP contribution >= 0.6 is 11.6 Å². The molecular formula is C22H24ClN3O6S. The third-order valence-corrected chi connectivity index (χ3v) is 6.42. The molecule has 2 atom stereocenters. The molecule has 1 aliphatic rings. The van der Waals surface area contributed by atoms with Crippen molar-refractivity contribution in [3.63, 3.8) is 0 Å². The zero-order valence-electron chi connectivity index (χ0n) is 17.9. The van der Waals surface area contributed by atoms with Crippen molar-refractivity contribution >= 4 is 45.1 Å². The second-order valence-electron chi connectivity index (χ2n) is 7.59. The molecule has 1 saturated heterocycles. The number of nitrogens with one attached hydrogen (secondary N) is 1. The highest BCUT2D eigenvalue weighted by molar-refractivity contribution is 7.89. The van der Waals surface area contributed by atoms with Crippen molar-refractivity contribution in [2.75, 3.05) is 18.1 Å². The minimum absolute atomic E-state index is 0.0278. The highest BCUT2D eigenvalue weighted by Gasteiger charge is 2.45. The second kappa shape index (κ2) is 10.3. The van der Waals surface area contributed by atoms with Gasteiger partial charge in [-0.25, -0.2) is 13.6 Å². The van der Waals surface area contributed by atoms with Crippen LogP contribution in [-0.2, 0) is 29.1 Å². The van der Waals surface area contributed by atoms with Crippen LogP contribution < -0.4 is 15.4 Å². The third kappa shape index (κ3) is 6.10. The molecule has 33 heavy (non-hydrogen) atoms. The van der Waals surface area contributed by atoms with Crippen LogP contribution in [0.5, 0.6) is 0 Å². The molecule has 1 heterocycles. The summed E-state index contributed by atoms with van der Waals surface area (Å²) in [6.45, 7) is 1.78. The van der Waals surface area contributed by atoms with Crippen molar-refractivity contribution in [3.8, 4) is 0 Å². The van der Waals surface area contributed by atoms with Crippen LogP contribution in [0.15, 0.2) is 53.4 Å². The minimum atomic E-state index is -3.89. The number of anilines is 1. The van der Waals surface area contributed by atoms with Crippen LogP contribution in [0.2, 0.25) is 5.02 Å². The van der Waals surface area contributed by atoms with Crippen molar-refractivity contribution < 1.29 is 27.5 Å². The Bertz CT molecular complexity index is 1140. The summed E-state index contributed by atoms with van der Waals surface area (Å²) in [5.74, 6) is -1.67. The monoisotopic (exact) mass is 493 g/mol. The number of ether oxygens (including phenoxy) is 1. The number of hydrogen-bond acceptors (Lipinski definition) is 6. The van der Waals surface area contributed by atoms with Crippen molar-refractivity contribution in [2.24, 2.45) is 11.1 Å². The molecule has 0 saturated carbocycles. The Morgan fingerprint density at radius 1 is 1.15 bits per heavy atom. The molecule has 176 valence electrons. The molecule has 0 unspecified atom stereocenters. The Morgan fingerprint density at radius 2 is 1.79 bits per heavy atom. The third-order valence-electron chi connectivity index (χ3n) is 5.24. The first-order chi connectivity index (χ1) is 15.6. The summed E-state index contributed by atoms with van der Waals surface area (Å²) >= 11 is 6.02. The number of rotatable bonds is 8. The summed E-state index contributed by atoms with van der Waals surface area (Å²) < 4.78 is 28.0. The SMILES string of the molecule is CC(=O)OCCCNC(=O)[C@H]1CC(=O)N(c2ccc(S(N)(=O)=O)cc2)[C@@H]1c1ccc(Cl)cc1. The first-order valence-electron chi connectivity index (χ1n) is 10.2. The molecular weight excluding hydrogens is 470 g/mol. The molecule has 11 heteroatoms. The number of carbonyl (C=O) groups is 3. The van der Waals surface area contributed by atoms with Gasteiger partial charge < -0.3 is 15.0 Å². The molecule has 0 radical (unpaired) electrons. The van der Waals surface area contributed by atoms with Gasteiger partial charge in [0.2, 0.25) is 21.8 Å². The van der Waals surface area contributed by atoms with E-state index in [1.54, 1.807) is 24.3 Å². The van der Waals surface area contributed by atoms with Crippen LogP contribution in [0.3, 0.4) is 0 Å². The summed E-state index contributed by atoms with van der Waals surface area (Å²) in [6.07, 6.45) is 0.413. The van der Waals surface area contributed by atoms with E-state index in [2.05, 4.69) is 5.32 Å². The number of primary sulfonamides is 1. The molecule has 3 rings (SSSR count). The lowest BCUT2D eigenvalue weighted by atomic mass is 9.92. The van der Waals surface area contributed by atoms with Gasteiger partial charge in [-0.1, -0.05) is 23.7 Å². The van der Waals surface area contributed by atoms with Gasteiger partial charge in [0.1, 0.15) is 0 Å². The van der Waals surface area contributed by atoms with Crippen molar-refractivity contribution in [1.82, 2.24) is 5.32 Å². The average molecular weight is 494 g/mol. The molecule has 2 aromatic rings. The highest BCUT2D eigenvalue weighted by Crippen LogP contribution is 2.42. The molecule has 9 nitrogen and oxygen atoms in total. The molecule has 0 aromatic heterocycles. The van der Waals surface area contributed by atoms with Gasteiger partial charge in [-0.3, -0.25) is 14.4 Å². The fourth-order valence-electron chi connectivity index (χ4n) is 3.74. The van der Waals surface area contributed by atoms with E-state index in [0.717, 1.165) is 0 Å². The fourth-order valence-corrected chi connectivity index (χ4v) is 4.38. The zero-order valence-corrected chi connectivity index (χ0v) is 19.4. The van der Waals surface area contributed by atoms with E-state index in [9.17, 15) is 22.8 Å². The Kier molecular flexibility index (Phi) is 7.72. The van der Waals surface area contributed by atoms with Crippen LogP contribution in [0, 0.1) is 5.92 Å². The summed E-state index contributed by atoms with van der Waals surface area (Å²) in [5, 5.41) is 8.48. The van der Waals surface area contributed by atoms with E-state index in [4.69, 9.17) is 21.5 Å². The quantitative estimate of drug-likeness (QED) is 0.427. The molecule has 0 spiro atoms. The van der Waals surface area contributed by atoms with Gasteiger partial charge in [0.25, 0.3) is 0 Å². The van der Waals surface area contributed by atoms with Gasteiger partial charge >= 0.3 is 5.97 Å². The maximum Gasteiger partial charge on any atom is 0.302 e. The first kappa shape index (κ1) is 24.7. The molecule has 1 fully saturated rings. The van der Waals surface area contributed by atoms with Gasteiger partial charge in [0, 0.05) is 30.6 Å². The van der Waals surface area contributed by atoms with E-state index < -0.39 is 28.0 Å². The zero-order chi connectivity index (χ0) is 24.2. The Labute approximate surface area is 196 Å². The summed E-state index contributed by atoms with van der Waals surface area (Å²) in [5.41, 5.74) is 1.15. The summed E-state index contributed by atoms with van der Waals surface area (Å²) in [6, 6.07) is 11.8. The standard InChI is InChI=1S/C22H24ClN3O6S/c1-14(27)32-12-2-11-25-22(29)19-13-20(28)26(21(19)15-3-5-16(23)6-4-15)17-7-9-18(10-8-17)33(24,30)31/h3-10,19,21H,2,11-13H2,1H3,(H,25,29)(H2,24,30,31)/t19-,21+/m0/s1. The maximum absolute atomic E-state index is 13.0. The molecule has 0 bridgehead atoms. The van der Waals surface area contributed by atoms with Crippen LogP contribution in [0.25, 0.3) is 0 Å². The lowest BCUT2D eigenvalue weighted by molar-refractivity contribution is -0.141. The highest BCUT2D eigenvalue weighted by atomic mass is 35.5. The number of benzene rings is 2. The number of hydrogen-bond donors (Lipinski definition) is 2. The predicted molar refractivity (Wildman–Crippen MR) is 122 cm³/mol. The van der Waals surface area contributed by atoms with Gasteiger partial charge in [-0.05, 0) is 48.4 Å². The van der Waals surface area contributed by atoms with Gasteiger partial charge in [0.15, 0.2) is 0 Å². The van der Waals surface area contributed by atoms with Crippen molar-refractivity contribution in [2.45, 2.75) is 30.7 Å². The maximum atomic E-state index is 13.0. The van der Waals surface area contributed by atoms with Crippen LogP contribution in [0.4, 0.5) is 5.69 Å². The Balaban J connectivity index is 1.86. The van der Waals surface area contributed by atoms with Crippen LogP contribution in [-0.4, -0.2) is 39.4 Å². The Hall–Kier alpha value is -2.95. The van der Waals surface area contributed by atoms with E-state index in [1.807, 2.05) is 0 Å². The summed E-state index contributed by atoms with van der Waals surface area (Å²) in [7, 11) is -3.89. The lowest BCUT2D eigenvalue weighted by Crippen LogP contribution is -2.36. The molecule has 2 aromatic carbocycles. The number of esters is 1. The number of nitrogens with zero attached hydrogens (tertiary/aromatic N) is 1.